The molecule has 1 fully saturated rings. The number of ether oxygens (including phenoxy) is 1. The first kappa shape index (κ1) is 13.4. The maximum atomic E-state index is 14.3. The van der Waals surface area contributed by atoms with Crippen LogP contribution < -0.4 is 0 Å². The van der Waals surface area contributed by atoms with Gasteiger partial charge in [-0.2, -0.15) is 0 Å². The molecule has 18 heavy (non-hydrogen) atoms. The molecule has 1 aromatic carbocycles. The van der Waals surface area contributed by atoms with Crippen molar-refractivity contribution in [1.29, 1.82) is 0 Å². The second kappa shape index (κ2) is 4.57. The number of hydrogen-bond acceptors (Lipinski definition) is 3. The lowest BCUT2D eigenvalue weighted by molar-refractivity contribution is -0.157. The Morgan fingerprint density at radius 1 is 1.39 bits per heavy atom. The van der Waals surface area contributed by atoms with E-state index < -0.39 is 22.5 Å². The van der Waals surface area contributed by atoms with Gasteiger partial charge in [-0.3, -0.25) is 4.79 Å². The van der Waals surface area contributed by atoms with Crippen LogP contribution in [0.1, 0.15) is 27.2 Å². The maximum Gasteiger partial charge on any atom is 0.313 e. The Labute approximate surface area is 111 Å². The van der Waals surface area contributed by atoms with Gasteiger partial charge in [0.25, 0.3) is 0 Å². The van der Waals surface area contributed by atoms with Gasteiger partial charge in [-0.15, -0.1) is 0 Å². The Kier molecular flexibility index (Phi) is 3.41. The van der Waals surface area contributed by atoms with E-state index in [2.05, 4.69) is 0 Å². The highest BCUT2D eigenvalue weighted by Gasteiger charge is 2.62. The summed E-state index contributed by atoms with van der Waals surface area (Å²) in [4.78, 5) is 12.6. The van der Waals surface area contributed by atoms with Gasteiger partial charge in [-0.25, -0.2) is 4.39 Å². The number of carbonyl (C=O) groups is 1. The van der Waals surface area contributed by atoms with Gasteiger partial charge in [-0.1, -0.05) is 30.0 Å². The van der Waals surface area contributed by atoms with E-state index in [-0.39, 0.29) is 6.42 Å². The molecule has 1 aliphatic rings. The van der Waals surface area contributed by atoms with Crippen LogP contribution in [0.4, 0.5) is 4.39 Å². The van der Waals surface area contributed by atoms with E-state index in [1.54, 1.807) is 20.8 Å². The molecular formula is C14H17FO2S. The molecule has 1 aromatic rings. The summed E-state index contributed by atoms with van der Waals surface area (Å²) in [5.74, 6) is -1.07. The molecule has 2 atom stereocenters. The van der Waals surface area contributed by atoms with Gasteiger partial charge in [0.1, 0.15) is 11.5 Å². The van der Waals surface area contributed by atoms with Crippen molar-refractivity contribution in [2.75, 3.05) is 0 Å². The topological polar surface area (TPSA) is 26.3 Å². The van der Waals surface area contributed by atoms with Crippen LogP contribution in [-0.4, -0.2) is 16.6 Å². The summed E-state index contributed by atoms with van der Waals surface area (Å²) in [5.41, 5.74) is -0.558. The van der Waals surface area contributed by atoms with E-state index in [9.17, 15) is 9.18 Å². The molecule has 0 radical (unpaired) electrons. The summed E-state index contributed by atoms with van der Waals surface area (Å²) in [6.07, 6.45) is 0.238. The molecule has 4 heteroatoms. The van der Waals surface area contributed by atoms with Crippen molar-refractivity contribution in [3.05, 3.63) is 30.3 Å². The minimum Gasteiger partial charge on any atom is -0.460 e. The highest BCUT2D eigenvalue weighted by molar-refractivity contribution is 8.00. The molecule has 0 aliphatic heterocycles. The van der Waals surface area contributed by atoms with Gasteiger partial charge in [0.2, 0.25) is 0 Å². The Bertz CT molecular complexity index is 441. The summed E-state index contributed by atoms with van der Waals surface area (Å²) in [5, 5.41) is -1.50. The molecule has 0 N–H and O–H groups in total. The van der Waals surface area contributed by atoms with E-state index in [0.717, 1.165) is 16.7 Å². The first-order chi connectivity index (χ1) is 8.30. The summed E-state index contributed by atoms with van der Waals surface area (Å²) >= 11 is 1.11. The van der Waals surface area contributed by atoms with Gasteiger partial charge in [0.05, 0.1) is 0 Å². The van der Waals surface area contributed by atoms with Gasteiger partial charge < -0.3 is 4.74 Å². The Balaban J connectivity index is 1.95. The second-order valence-electron chi connectivity index (χ2n) is 5.49. The van der Waals surface area contributed by atoms with Crippen LogP contribution >= 0.6 is 11.8 Å². The number of rotatable bonds is 3. The number of thioether (sulfide) groups is 1. The normalized spacial score (nSPS) is 26.8. The molecule has 1 saturated carbocycles. The van der Waals surface area contributed by atoms with Crippen LogP contribution in [-0.2, 0) is 9.53 Å². The predicted octanol–water partition coefficient (Wildman–Crippen LogP) is 3.81. The number of hydrogen-bond donors (Lipinski definition) is 0. The average Bonchev–Trinajstić information content (AvgIpc) is 2.89. The monoisotopic (exact) mass is 268 g/mol. The highest BCUT2D eigenvalue weighted by Crippen LogP contribution is 2.58. The first-order valence-electron chi connectivity index (χ1n) is 5.96. The van der Waals surface area contributed by atoms with Gasteiger partial charge in [-0.05, 0) is 32.9 Å². The molecule has 2 nitrogen and oxygen atoms in total. The summed E-state index contributed by atoms with van der Waals surface area (Å²) in [6, 6.07) is 9.28. The van der Waals surface area contributed by atoms with Gasteiger partial charge >= 0.3 is 5.97 Å². The largest absolute Gasteiger partial charge is 0.460 e. The summed E-state index contributed by atoms with van der Waals surface area (Å²) < 4.78 is 19.5. The van der Waals surface area contributed by atoms with Crippen molar-refractivity contribution in [2.24, 2.45) is 5.92 Å². The Hall–Kier alpha value is -1.03. The van der Waals surface area contributed by atoms with Crippen LogP contribution in [0.2, 0.25) is 0 Å². The van der Waals surface area contributed by atoms with E-state index in [1.165, 1.54) is 0 Å². The fourth-order valence-electron chi connectivity index (χ4n) is 1.65. The predicted molar refractivity (Wildman–Crippen MR) is 70.1 cm³/mol. The molecule has 0 aromatic heterocycles. The van der Waals surface area contributed by atoms with E-state index >= 15 is 0 Å². The number of halogens is 1. The van der Waals surface area contributed by atoms with Crippen LogP contribution in [0, 0.1) is 5.92 Å². The Morgan fingerprint density at radius 3 is 2.56 bits per heavy atom. The number of benzene rings is 1. The lowest BCUT2D eigenvalue weighted by Crippen LogP contribution is -2.26. The molecule has 0 saturated heterocycles. The van der Waals surface area contributed by atoms with Crippen molar-refractivity contribution < 1.29 is 13.9 Å². The first-order valence-corrected chi connectivity index (χ1v) is 6.78. The Morgan fingerprint density at radius 2 is 2.00 bits per heavy atom. The van der Waals surface area contributed by atoms with Crippen LogP contribution in [0.5, 0.6) is 0 Å². The standard InChI is InChI=1S/C14H17FO2S/c1-13(2,3)17-12(16)11-9-14(11,15)18-10-7-5-4-6-8-10/h4-8,11H,9H2,1-3H3/t11-,14-/m0/s1. The van der Waals surface area contributed by atoms with E-state index in [1.807, 2.05) is 30.3 Å². The fourth-order valence-corrected chi connectivity index (χ4v) is 2.82. The summed E-state index contributed by atoms with van der Waals surface area (Å²) in [6.45, 7) is 5.37. The molecule has 0 heterocycles. The number of carbonyl (C=O) groups excluding carboxylic acids is 1. The molecule has 0 bridgehead atoms. The molecular weight excluding hydrogens is 251 g/mol. The van der Waals surface area contributed by atoms with Crippen LogP contribution in [0.3, 0.4) is 0 Å². The zero-order valence-electron chi connectivity index (χ0n) is 10.8. The van der Waals surface area contributed by atoms with Crippen LogP contribution in [0.25, 0.3) is 0 Å². The quantitative estimate of drug-likeness (QED) is 0.780. The van der Waals surface area contributed by atoms with Crippen molar-refractivity contribution in [1.82, 2.24) is 0 Å². The van der Waals surface area contributed by atoms with Crippen LogP contribution in [0.15, 0.2) is 35.2 Å². The fraction of sp³-hybridized carbons (Fsp3) is 0.500. The zero-order chi connectivity index (χ0) is 13.4. The molecule has 98 valence electrons. The third kappa shape index (κ3) is 3.25. The van der Waals surface area contributed by atoms with Gasteiger partial charge in [0.15, 0.2) is 5.00 Å². The average molecular weight is 268 g/mol. The highest BCUT2D eigenvalue weighted by atomic mass is 32.2. The molecule has 0 spiro atoms. The minimum atomic E-state index is -1.50. The van der Waals surface area contributed by atoms with Crippen molar-refractivity contribution >= 4 is 17.7 Å². The third-order valence-electron chi connectivity index (χ3n) is 2.56. The molecule has 1 aliphatic carbocycles. The molecule has 0 amide bonds. The minimum absolute atomic E-state index is 0.238. The van der Waals surface area contributed by atoms with Gasteiger partial charge in [0, 0.05) is 11.3 Å². The zero-order valence-corrected chi connectivity index (χ0v) is 11.6. The van der Waals surface area contributed by atoms with Crippen molar-refractivity contribution in [3.63, 3.8) is 0 Å². The molecule has 0 unspecified atom stereocenters. The molecule has 2 rings (SSSR count). The maximum absolute atomic E-state index is 14.3. The summed E-state index contributed by atoms with van der Waals surface area (Å²) in [7, 11) is 0. The third-order valence-corrected chi connectivity index (χ3v) is 3.86. The van der Waals surface area contributed by atoms with E-state index in [4.69, 9.17) is 4.74 Å². The SMILES string of the molecule is CC(C)(C)OC(=O)[C@@H]1C[C@]1(F)Sc1ccccc1. The van der Waals surface area contributed by atoms with Crippen molar-refractivity contribution in [3.8, 4) is 0 Å². The number of alkyl halides is 1. The smallest absolute Gasteiger partial charge is 0.313 e. The lowest BCUT2D eigenvalue weighted by atomic mass is 10.2. The lowest BCUT2D eigenvalue weighted by Gasteiger charge is -2.19. The van der Waals surface area contributed by atoms with E-state index in [0.29, 0.717) is 0 Å². The second-order valence-corrected chi connectivity index (χ2v) is 6.85. The van der Waals surface area contributed by atoms with Crippen molar-refractivity contribution in [2.45, 2.75) is 42.7 Å². The number of esters is 1.